The highest BCUT2D eigenvalue weighted by Crippen LogP contribution is 2.28. The van der Waals surface area contributed by atoms with Gasteiger partial charge in [0.25, 0.3) is 0 Å². The predicted molar refractivity (Wildman–Crippen MR) is 107 cm³/mol. The van der Waals surface area contributed by atoms with Crippen LogP contribution < -0.4 is 4.90 Å². The molecule has 0 atom stereocenters. The van der Waals surface area contributed by atoms with E-state index >= 15 is 0 Å². The van der Waals surface area contributed by atoms with Crippen LogP contribution in [0.25, 0.3) is 16.9 Å². The molecule has 5 heteroatoms. The van der Waals surface area contributed by atoms with Crippen molar-refractivity contribution in [3.05, 3.63) is 48.2 Å². The molecular weight excluding hydrogens is 322 g/mol. The first-order chi connectivity index (χ1) is 12.4. The highest BCUT2D eigenvalue weighted by atomic mass is 15.4. The smallest absolute Gasteiger partial charge is 0.157 e. The van der Waals surface area contributed by atoms with Crippen LogP contribution in [0.5, 0.6) is 0 Å². The number of likely N-dealkylation sites (N-methyl/N-ethyl adjacent to an activating group) is 1. The van der Waals surface area contributed by atoms with Crippen LogP contribution >= 0.6 is 0 Å². The summed E-state index contributed by atoms with van der Waals surface area (Å²) in [6.07, 6.45) is 1.83. The molecule has 0 saturated carbocycles. The Bertz CT molecular complexity index is 896. The van der Waals surface area contributed by atoms with Gasteiger partial charge in [0, 0.05) is 43.9 Å². The first kappa shape index (κ1) is 17.0. The normalized spacial score (nSPS) is 16.4. The van der Waals surface area contributed by atoms with Crippen LogP contribution in [0.4, 0.5) is 5.82 Å². The van der Waals surface area contributed by atoms with Gasteiger partial charge in [-0.15, -0.1) is 0 Å². The molecule has 0 unspecified atom stereocenters. The molecule has 3 heterocycles. The number of anilines is 1. The summed E-state index contributed by atoms with van der Waals surface area (Å²) in [6, 6.07) is 13.0. The molecule has 0 aliphatic carbocycles. The van der Waals surface area contributed by atoms with Gasteiger partial charge >= 0.3 is 0 Å². The summed E-state index contributed by atoms with van der Waals surface area (Å²) < 4.78 is 1.96. The SMILES string of the molecule is CN1CCN(c2cc(-c3ccc(C(C)(C)C)cc3)nc3ccnn23)CC1. The van der Waals surface area contributed by atoms with Gasteiger partial charge in [-0.1, -0.05) is 45.0 Å². The second-order valence-electron chi connectivity index (χ2n) is 8.22. The zero-order chi connectivity index (χ0) is 18.3. The lowest BCUT2D eigenvalue weighted by molar-refractivity contribution is 0.311. The predicted octanol–water partition coefficient (Wildman–Crippen LogP) is 3.45. The fraction of sp³-hybridized carbons (Fsp3) is 0.429. The Morgan fingerprint density at radius 1 is 0.923 bits per heavy atom. The van der Waals surface area contributed by atoms with Crippen LogP contribution in [-0.2, 0) is 5.41 Å². The molecule has 1 saturated heterocycles. The largest absolute Gasteiger partial charge is 0.354 e. The van der Waals surface area contributed by atoms with Gasteiger partial charge in [-0.25, -0.2) is 4.98 Å². The van der Waals surface area contributed by atoms with E-state index in [1.807, 2.05) is 16.8 Å². The van der Waals surface area contributed by atoms with Gasteiger partial charge in [0.2, 0.25) is 0 Å². The number of rotatable bonds is 2. The Hall–Kier alpha value is -2.40. The molecule has 0 amide bonds. The molecule has 5 nitrogen and oxygen atoms in total. The molecule has 26 heavy (non-hydrogen) atoms. The molecular formula is C21H27N5. The molecule has 0 radical (unpaired) electrons. The van der Waals surface area contributed by atoms with E-state index in [0.29, 0.717) is 0 Å². The van der Waals surface area contributed by atoms with Crippen molar-refractivity contribution in [3.8, 4) is 11.3 Å². The van der Waals surface area contributed by atoms with Crippen molar-refractivity contribution in [1.82, 2.24) is 19.5 Å². The van der Waals surface area contributed by atoms with Crippen molar-refractivity contribution in [3.63, 3.8) is 0 Å². The minimum absolute atomic E-state index is 0.159. The number of fused-ring (bicyclic) bond motifs is 1. The third-order valence-electron chi connectivity index (χ3n) is 5.21. The Labute approximate surface area is 155 Å². The molecule has 0 spiro atoms. The maximum atomic E-state index is 4.83. The zero-order valence-corrected chi connectivity index (χ0v) is 16.1. The van der Waals surface area contributed by atoms with Crippen LogP contribution in [0.3, 0.4) is 0 Å². The lowest BCUT2D eigenvalue weighted by Crippen LogP contribution is -2.45. The molecule has 3 aromatic rings. The van der Waals surface area contributed by atoms with Crippen molar-refractivity contribution in [2.45, 2.75) is 26.2 Å². The van der Waals surface area contributed by atoms with Gasteiger partial charge in [0.05, 0.1) is 11.9 Å². The molecule has 2 aromatic heterocycles. The molecule has 0 bridgehead atoms. The number of hydrogen-bond acceptors (Lipinski definition) is 4. The van der Waals surface area contributed by atoms with E-state index in [1.54, 1.807) is 0 Å². The average molecular weight is 349 g/mol. The Morgan fingerprint density at radius 2 is 1.62 bits per heavy atom. The molecule has 1 fully saturated rings. The maximum Gasteiger partial charge on any atom is 0.157 e. The van der Waals surface area contributed by atoms with E-state index in [-0.39, 0.29) is 5.41 Å². The summed E-state index contributed by atoms with van der Waals surface area (Å²) in [7, 11) is 2.18. The average Bonchev–Trinajstić information content (AvgIpc) is 3.10. The zero-order valence-electron chi connectivity index (χ0n) is 16.1. The molecule has 1 aromatic carbocycles. The summed E-state index contributed by atoms with van der Waals surface area (Å²) in [5.41, 5.74) is 4.55. The van der Waals surface area contributed by atoms with Crippen molar-refractivity contribution in [2.24, 2.45) is 0 Å². The fourth-order valence-corrected chi connectivity index (χ4v) is 3.45. The lowest BCUT2D eigenvalue weighted by atomic mass is 9.86. The highest BCUT2D eigenvalue weighted by molar-refractivity contribution is 5.67. The molecule has 1 aliphatic rings. The third-order valence-corrected chi connectivity index (χ3v) is 5.21. The second-order valence-corrected chi connectivity index (χ2v) is 8.22. The van der Waals surface area contributed by atoms with Crippen molar-refractivity contribution < 1.29 is 0 Å². The van der Waals surface area contributed by atoms with E-state index in [4.69, 9.17) is 4.98 Å². The summed E-state index contributed by atoms with van der Waals surface area (Å²) in [5.74, 6) is 1.13. The quantitative estimate of drug-likeness (QED) is 0.710. The molecule has 136 valence electrons. The standard InChI is InChI=1S/C21H27N5/c1-21(2,3)17-7-5-16(6-8-17)18-15-20(25-13-11-24(4)12-14-25)26-19(23-18)9-10-22-26/h5-10,15H,11-14H2,1-4H3. The molecule has 4 rings (SSSR count). The Balaban J connectivity index is 1.74. The van der Waals surface area contributed by atoms with Crippen molar-refractivity contribution in [2.75, 3.05) is 38.1 Å². The van der Waals surface area contributed by atoms with Crippen LogP contribution in [0.15, 0.2) is 42.6 Å². The van der Waals surface area contributed by atoms with Crippen LogP contribution in [0, 0.1) is 0 Å². The van der Waals surface area contributed by atoms with Gasteiger partial charge in [-0.05, 0) is 18.0 Å². The summed E-state index contributed by atoms with van der Waals surface area (Å²) in [6.45, 7) is 10.9. The van der Waals surface area contributed by atoms with E-state index in [2.05, 4.69) is 73.0 Å². The van der Waals surface area contributed by atoms with Gasteiger partial charge in [0.1, 0.15) is 5.82 Å². The minimum atomic E-state index is 0.159. The van der Waals surface area contributed by atoms with Gasteiger partial charge in [-0.2, -0.15) is 9.61 Å². The summed E-state index contributed by atoms with van der Waals surface area (Å²) >= 11 is 0. The number of aromatic nitrogens is 3. The first-order valence-corrected chi connectivity index (χ1v) is 9.31. The van der Waals surface area contributed by atoms with Gasteiger partial charge < -0.3 is 9.80 Å². The maximum absolute atomic E-state index is 4.83. The van der Waals surface area contributed by atoms with E-state index in [9.17, 15) is 0 Å². The monoisotopic (exact) mass is 349 g/mol. The van der Waals surface area contributed by atoms with E-state index in [1.165, 1.54) is 5.56 Å². The van der Waals surface area contributed by atoms with E-state index < -0.39 is 0 Å². The molecule has 0 N–H and O–H groups in total. The number of piperazine rings is 1. The van der Waals surface area contributed by atoms with Gasteiger partial charge in [0.15, 0.2) is 5.65 Å². The van der Waals surface area contributed by atoms with E-state index in [0.717, 1.165) is 48.9 Å². The van der Waals surface area contributed by atoms with Gasteiger partial charge in [-0.3, -0.25) is 0 Å². The fourth-order valence-electron chi connectivity index (χ4n) is 3.45. The first-order valence-electron chi connectivity index (χ1n) is 9.31. The number of nitrogens with zero attached hydrogens (tertiary/aromatic N) is 5. The second kappa shape index (κ2) is 6.40. The van der Waals surface area contributed by atoms with Crippen molar-refractivity contribution >= 4 is 11.5 Å². The Morgan fingerprint density at radius 3 is 2.27 bits per heavy atom. The number of hydrogen-bond donors (Lipinski definition) is 0. The van der Waals surface area contributed by atoms with Crippen LogP contribution in [-0.4, -0.2) is 52.7 Å². The van der Waals surface area contributed by atoms with Crippen LogP contribution in [0.2, 0.25) is 0 Å². The topological polar surface area (TPSA) is 36.7 Å². The summed E-state index contributed by atoms with van der Waals surface area (Å²) in [4.78, 5) is 9.61. The lowest BCUT2D eigenvalue weighted by Gasteiger charge is -2.34. The van der Waals surface area contributed by atoms with Crippen molar-refractivity contribution in [1.29, 1.82) is 0 Å². The highest BCUT2D eigenvalue weighted by Gasteiger charge is 2.19. The summed E-state index contributed by atoms with van der Waals surface area (Å²) in [5, 5.41) is 4.49. The van der Waals surface area contributed by atoms with Crippen LogP contribution in [0.1, 0.15) is 26.3 Å². The third kappa shape index (κ3) is 3.19. The minimum Gasteiger partial charge on any atom is -0.354 e. The number of benzene rings is 1. The molecule has 1 aliphatic heterocycles. The Kier molecular flexibility index (Phi) is 4.19.